The van der Waals surface area contributed by atoms with Crippen LogP contribution in [0.5, 0.6) is 0 Å². The fourth-order valence-corrected chi connectivity index (χ4v) is 4.58. The lowest BCUT2D eigenvalue weighted by atomic mass is 10.0. The zero-order valence-electron chi connectivity index (χ0n) is 17.6. The highest BCUT2D eigenvalue weighted by Crippen LogP contribution is 2.26. The lowest BCUT2D eigenvalue weighted by Crippen LogP contribution is -2.52. The van der Waals surface area contributed by atoms with Crippen LogP contribution in [0.15, 0.2) is 0 Å². The van der Waals surface area contributed by atoms with Crippen molar-refractivity contribution in [2.24, 2.45) is 0 Å². The monoisotopic (exact) mass is 412 g/mol. The molecule has 0 aromatic rings. The summed E-state index contributed by atoms with van der Waals surface area (Å²) in [6.07, 6.45) is 2.24. The maximum Gasteiger partial charge on any atom is 0.237 e. The zero-order valence-corrected chi connectivity index (χ0v) is 17.6. The summed E-state index contributed by atoms with van der Waals surface area (Å²) in [5.41, 5.74) is 0. The number of amides is 2. The van der Waals surface area contributed by atoms with Crippen LogP contribution in [0.1, 0.15) is 25.7 Å². The van der Waals surface area contributed by atoms with Gasteiger partial charge in [-0.1, -0.05) is 0 Å². The molecule has 0 spiro atoms. The molecule has 29 heavy (non-hydrogen) atoms. The number of hydrogen-bond acceptors (Lipinski definition) is 7. The molecule has 9 heteroatoms. The molecule has 3 rings (SSSR count). The van der Waals surface area contributed by atoms with E-state index in [2.05, 4.69) is 15.1 Å². The lowest BCUT2D eigenvalue weighted by Gasteiger charge is -2.39. The number of hydrogen-bond donors (Lipinski definition) is 2. The molecule has 2 amide bonds. The van der Waals surface area contributed by atoms with E-state index in [1.54, 1.807) is 7.11 Å². The van der Waals surface area contributed by atoms with E-state index in [-0.39, 0.29) is 23.9 Å². The zero-order chi connectivity index (χ0) is 20.6. The summed E-state index contributed by atoms with van der Waals surface area (Å²) in [5, 5.41) is 13.0. The quantitative estimate of drug-likeness (QED) is 0.489. The Kier molecular flexibility index (Phi) is 8.68. The highest BCUT2D eigenvalue weighted by Gasteiger charge is 2.40. The van der Waals surface area contributed by atoms with Crippen LogP contribution in [-0.2, 0) is 19.1 Å². The third-order valence-corrected chi connectivity index (χ3v) is 6.26. The summed E-state index contributed by atoms with van der Waals surface area (Å²) in [7, 11) is 1.60. The topological polar surface area (TPSA) is 94.6 Å². The van der Waals surface area contributed by atoms with Gasteiger partial charge < -0.3 is 24.8 Å². The first kappa shape index (κ1) is 22.4. The van der Waals surface area contributed by atoms with Crippen molar-refractivity contribution in [2.45, 2.75) is 43.9 Å². The van der Waals surface area contributed by atoms with Crippen molar-refractivity contribution in [3.05, 3.63) is 0 Å². The van der Waals surface area contributed by atoms with Gasteiger partial charge in [-0.2, -0.15) is 0 Å². The minimum absolute atomic E-state index is 0.0392. The Bertz CT molecular complexity index is 535. The van der Waals surface area contributed by atoms with Gasteiger partial charge in [-0.05, 0) is 19.3 Å². The van der Waals surface area contributed by atoms with Crippen LogP contribution in [0, 0.1) is 0 Å². The Hall–Kier alpha value is -1.26. The number of β-amino-alcohol motifs (C(OH)–C–C–N with tert-alkyl or cyclic N) is 1. The molecular weight excluding hydrogens is 376 g/mol. The van der Waals surface area contributed by atoms with E-state index in [1.165, 1.54) is 0 Å². The van der Waals surface area contributed by atoms with E-state index in [0.717, 1.165) is 58.8 Å². The summed E-state index contributed by atoms with van der Waals surface area (Å²) < 4.78 is 10.3. The minimum Gasteiger partial charge on any atom is -0.392 e. The molecule has 3 saturated heterocycles. The molecule has 3 heterocycles. The van der Waals surface area contributed by atoms with E-state index >= 15 is 0 Å². The number of ether oxygens (including phenoxy) is 2. The minimum atomic E-state index is -0.471. The smallest absolute Gasteiger partial charge is 0.237 e. The molecule has 3 fully saturated rings. The van der Waals surface area contributed by atoms with Gasteiger partial charge in [0.2, 0.25) is 11.8 Å². The average molecular weight is 413 g/mol. The van der Waals surface area contributed by atoms with E-state index < -0.39 is 6.10 Å². The number of nitrogens with zero attached hydrogens (tertiary/aromatic N) is 3. The molecular formula is C20H36N4O5. The van der Waals surface area contributed by atoms with E-state index in [1.807, 2.05) is 4.90 Å². The molecule has 3 aliphatic rings. The van der Waals surface area contributed by atoms with Crippen LogP contribution < -0.4 is 5.32 Å². The van der Waals surface area contributed by atoms with Crippen molar-refractivity contribution in [3.63, 3.8) is 0 Å². The fraction of sp³-hybridized carbons (Fsp3) is 0.900. The molecule has 3 aliphatic heterocycles. The van der Waals surface area contributed by atoms with Crippen molar-refractivity contribution >= 4 is 11.8 Å². The number of piperidine rings is 1. The van der Waals surface area contributed by atoms with Crippen molar-refractivity contribution in [3.8, 4) is 0 Å². The van der Waals surface area contributed by atoms with Crippen LogP contribution >= 0.6 is 0 Å². The molecule has 0 aliphatic carbocycles. The average Bonchev–Trinajstić information content (AvgIpc) is 3.15. The standard InChI is InChI=1S/C20H36N4O5/c1-28-11-5-21-20(27)18-14-17(25)15-24(18)16-2-7-23(8-3-16)19(26)4-6-22-9-12-29-13-10-22/h16-18,25H,2-15H2,1H3,(H,21,27)/t17-,18+/m1/s1. The molecule has 2 atom stereocenters. The lowest BCUT2D eigenvalue weighted by molar-refractivity contribution is -0.134. The Labute approximate surface area is 173 Å². The Morgan fingerprint density at radius 2 is 1.90 bits per heavy atom. The van der Waals surface area contributed by atoms with Gasteiger partial charge in [-0.25, -0.2) is 0 Å². The maximum atomic E-state index is 12.6. The molecule has 166 valence electrons. The summed E-state index contributed by atoms with van der Waals surface area (Å²) in [6.45, 7) is 7.03. The number of likely N-dealkylation sites (tertiary alicyclic amines) is 2. The van der Waals surface area contributed by atoms with E-state index in [9.17, 15) is 14.7 Å². The number of morpholine rings is 1. The van der Waals surface area contributed by atoms with Crippen LogP contribution in [0.4, 0.5) is 0 Å². The molecule has 2 N–H and O–H groups in total. The normalized spacial score (nSPS) is 27.3. The highest BCUT2D eigenvalue weighted by molar-refractivity contribution is 5.82. The van der Waals surface area contributed by atoms with Gasteiger partial charge in [0.1, 0.15) is 0 Å². The number of aliphatic hydroxyl groups excluding tert-OH is 1. The number of nitrogens with one attached hydrogen (secondary N) is 1. The first-order valence-electron chi connectivity index (χ1n) is 10.9. The molecule has 0 bridgehead atoms. The van der Waals surface area contributed by atoms with Crippen molar-refractivity contribution < 1.29 is 24.2 Å². The molecule has 0 unspecified atom stereocenters. The summed E-state index contributed by atoms with van der Waals surface area (Å²) >= 11 is 0. The van der Waals surface area contributed by atoms with Crippen molar-refractivity contribution in [1.82, 2.24) is 20.0 Å². The second-order valence-electron chi connectivity index (χ2n) is 8.20. The van der Waals surface area contributed by atoms with Gasteiger partial charge in [-0.15, -0.1) is 0 Å². The van der Waals surface area contributed by atoms with Gasteiger partial charge >= 0.3 is 0 Å². The third kappa shape index (κ3) is 6.36. The Morgan fingerprint density at radius 3 is 2.59 bits per heavy atom. The maximum absolute atomic E-state index is 12.6. The fourth-order valence-electron chi connectivity index (χ4n) is 4.58. The number of carbonyl (C=O) groups excluding carboxylic acids is 2. The Morgan fingerprint density at radius 1 is 1.17 bits per heavy atom. The molecule has 0 saturated carbocycles. The number of rotatable bonds is 8. The molecule has 0 aromatic carbocycles. The van der Waals surface area contributed by atoms with E-state index in [4.69, 9.17) is 9.47 Å². The van der Waals surface area contributed by atoms with Gasteiger partial charge in [0, 0.05) is 65.4 Å². The summed E-state index contributed by atoms with van der Waals surface area (Å²) in [4.78, 5) is 31.5. The second kappa shape index (κ2) is 11.2. The van der Waals surface area contributed by atoms with E-state index in [0.29, 0.717) is 32.5 Å². The number of aliphatic hydroxyl groups is 1. The van der Waals surface area contributed by atoms with Gasteiger partial charge in [0.05, 0.1) is 32.0 Å². The Balaban J connectivity index is 1.43. The predicted octanol–water partition coefficient (Wildman–Crippen LogP) is -1.10. The van der Waals surface area contributed by atoms with Crippen LogP contribution in [0.3, 0.4) is 0 Å². The SMILES string of the molecule is COCCNC(=O)[C@@H]1C[C@@H](O)CN1C1CCN(C(=O)CCN2CCOCC2)CC1. The van der Waals surface area contributed by atoms with Crippen LogP contribution in [0.2, 0.25) is 0 Å². The van der Waals surface area contributed by atoms with Crippen molar-refractivity contribution in [2.75, 3.05) is 72.7 Å². The predicted molar refractivity (Wildman–Crippen MR) is 107 cm³/mol. The van der Waals surface area contributed by atoms with Crippen LogP contribution in [0.25, 0.3) is 0 Å². The highest BCUT2D eigenvalue weighted by atomic mass is 16.5. The second-order valence-corrected chi connectivity index (χ2v) is 8.20. The van der Waals surface area contributed by atoms with Gasteiger partial charge in [-0.3, -0.25) is 19.4 Å². The summed E-state index contributed by atoms with van der Waals surface area (Å²) in [5.74, 6) is 0.174. The van der Waals surface area contributed by atoms with Crippen molar-refractivity contribution in [1.29, 1.82) is 0 Å². The van der Waals surface area contributed by atoms with Gasteiger partial charge in [0.15, 0.2) is 0 Å². The first-order valence-corrected chi connectivity index (χ1v) is 10.9. The molecule has 0 aromatic heterocycles. The largest absolute Gasteiger partial charge is 0.392 e. The molecule has 0 radical (unpaired) electrons. The van der Waals surface area contributed by atoms with Gasteiger partial charge in [0.25, 0.3) is 0 Å². The first-order chi connectivity index (χ1) is 14.1. The summed E-state index contributed by atoms with van der Waals surface area (Å²) in [6, 6.07) is -0.0657. The van der Waals surface area contributed by atoms with Crippen LogP contribution in [-0.4, -0.2) is 123 Å². The number of carbonyl (C=O) groups is 2. The number of methoxy groups -OCH3 is 1. The third-order valence-electron chi connectivity index (χ3n) is 6.26. The molecule has 9 nitrogen and oxygen atoms in total.